The molecule has 1 aliphatic heterocycles. The Hall–Kier alpha value is -3.12. The number of imidazole rings is 1. The Morgan fingerprint density at radius 1 is 1.18 bits per heavy atom. The van der Waals surface area contributed by atoms with E-state index in [1.54, 1.807) is 0 Å². The van der Waals surface area contributed by atoms with Crippen LogP contribution < -0.4 is 16.0 Å². The van der Waals surface area contributed by atoms with E-state index < -0.39 is 0 Å². The van der Waals surface area contributed by atoms with Crippen molar-refractivity contribution in [2.24, 2.45) is 5.92 Å². The molecular weight excluding hydrogens is 408 g/mol. The molecule has 172 valence electrons. The second kappa shape index (κ2) is 9.40. The lowest BCUT2D eigenvalue weighted by Gasteiger charge is -2.38. The number of pyridine rings is 1. The number of para-hydroxylation sites is 1. The van der Waals surface area contributed by atoms with Gasteiger partial charge in [-0.1, -0.05) is 51.3 Å². The summed E-state index contributed by atoms with van der Waals surface area (Å²) in [7, 11) is 0. The zero-order valence-corrected chi connectivity index (χ0v) is 19.6. The molecule has 0 spiro atoms. The zero-order chi connectivity index (χ0) is 22.8. The first kappa shape index (κ1) is 21.7. The van der Waals surface area contributed by atoms with Gasteiger partial charge in [0.15, 0.2) is 0 Å². The van der Waals surface area contributed by atoms with Crippen LogP contribution in [0.4, 0.5) is 11.4 Å². The molecule has 0 amide bonds. The van der Waals surface area contributed by atoms with Gasteiger partial charge in [0.2, 0.25) is 0 Å². The number of nitrogen functional groups attached to an aromatic ring is 1. The summed E-state index contributed by atoms with van der Waals surface area (Å²) < 4.78 is 0. The molecule has 0 aliphatic carbocycles. The van der Waals surface area contributed by atoms with Gasteiger partial charge in [-0.25, -0.2) is 4.98 Å². The Balaban J connectivity index is 1.41. The van der Waals surface area contributed by atoms with Gasteiger partial charge >= 0.3 is 0 Å². The highest BCUT2D eigenvalue weighted by molar-refractivity contribution is 5.97. The maximum atomic E-state index is 6.50. The zero-order valence-electron chi connectivity index (χ0n) is 19.6. The van der Waals surface area contributed by atoms with E-state index in [1.165, 1.54) is 31.4 Å². The molecule has 33 heavy (non-hydrogen) atoms. The van der Waals surface area contributed by atoms with E-state index in [1.807, 2.05) is 30.5 Å². The lowest BCUT2D eigenvalue weighted by molar-refractivity contribution is 0.412. The van der Waals surface area contributed by atoms with Gasteiger partial charge in [-0.2, -0.15) is 0 Å². The molecule has 0 radical (unpaired) electrons. The second-order valence-corrected chi connectivity index (χ2v) is 9.39. The number of hydrogen-bond donors (Lipinski definition) is 3. The van der Waals surface area contributed by atoms with Crippen LogP contribution in [0.5, 0.6) is 0 Å². The van der Waals surface area contributed by atoms with Crippen molar-refractivity contribution >= 4 is 33.3 Å². The minimum Gasteiger partial charge on any atom is -0.398 e. The smallest absolute Gasteiger partial charge is 0.142 e. The number of hydrogen-bond acceptors (Lipinski definition) is 5. The molecule has 4 aromatic rings. The maximum Gasteiger partial charge on any atom is 0.142 e. The molecule has 2 aromatic carbocycles. The number of aromatic amines is 1. The van der Waals surface area contributed by atoms with Crippen LogP contribution in [0.1, 0.15) is 39.5 Å². The van der Waals surface area contributed by atoms with Crippen LogP contribution in [0, 0.1) is 5.92 Å². The summed E-state index contributed by atoms with van der Waals surface area (Å²) in [6.07, 6.45) is 6.90. The number of fused-ring (bicyclic) bond motifs is 2. The van der Waals surface area contributed by atoms with Crippen molar-refractivity contribution in [1.82, 2.24) is 20.3 Å². The van der Waals surface area contributed by atoms with Crippen molar-refractivity contribution in [1.29, 1.82) is 0 Å². The van der Waals surface area contributed by atoms with E-state index in [2.05, 4.69) is 52.2 Å². The van der Waals surface area contributed by atoms with Crippen molar-refractivity contribution in [3.05, 3.63) is 48.7 Å². The fraction of sp³-hybridized carbons (Fsp3) is 0.407. The molecule has 3 heterocycles. The molecule has 6 heteroatoms. The summed E-state index contributed by atoms with van der Waals surface area (Å²) in [5.74, 6) is 1.58. The summed E-state index contributed by atoms with van der Waals surface area (Å²) in [6, 6.07) is 15.1. The molecule has 6 nitrogen and oxygen atoms in total. The van der Waals surface area contributed by atoms with E-state index in [9.17, 15) is 0 Å². The van der Waals surface area contributed by atoms with Gasteiger partial charge in [0.05, 0.1) is 27.8 Å². The van der Waals surface area contributed by atoms with Crippen LogP contribution in [-0.2, 0) is 0 Å². The van der Waals surface area contributed by atoms with E-state index >= 15 is 0 Å². The van der Waals surface area contributed by atoms with Gasteiger partial charge in [0.1, 0.15) is 5.82 Å². The third-order valence-electron chi connectivity index (χ3n) is 7.15. The quantitative estimate of drug-likeness (QED) is 0.359. The summed E-state index contributed by atoms with van der Waals surface area (Å²) in [4.78, 5) is 15.5. The number of anilines is 2. The van der Waals surface area contributed by atoms with E-state index in [0.717, 1.165) is 58.9 Å². The summed E-state index contributed by atoms with van der Waals surface area (Å²) >= 11 is 0. The van der Waals surface area contributed by atoms with Gasteiger partial charge in [-0.15, -0.1) is 0 Å². The first-order valence-electron chi connectivity index (χ1n) is 12.2. The van der Waals surface area contributed by atoms with Gasteiger partial charge in [0.25, 0.3) is 0 Å². The Labute approximate surface area is 195 Å². The fourth-order valence-electron chi connectivity index (χ4n) is 4.92. The van der Waals surface area contributed by atoms with Crippen LogP contribution in [0.15, 0.2) is 48.7 Å². The second-order valence-electron chi connectivity index (χ2n) is 9.39. The van der Waals surface area contributed by atoms with Gasteiger partial charge < -0.3 is 20.9 Å². The minimum atomic E-state index is 0.531. The van der Waals surface area contributed by atoms with Crippen molar-refractivity contribution in [2.75, 3.05) is 30.3 Å². The maximum absolute atomic E-state index is 6.50. The molecule has 2 aromatic heterocycles. The molecule has 1 fully saturated rings. The third-order valence-corrected chi connectivity index (χ3v) is 7.15. The number of nitrogens with zero attached hydrogens (tertiary/aromatic N) is 3. The number of benzene rings is 2. The SMILES string of the molecule is CCC(C)CCCC1CNCCN1c1ccc2nc(-c3cnc4ccccc4c3N)[nH]c2c1. The molecule has 2 atom stereocenters. The Kier molecular flexibility index (Phi) is 6.18. The van der Waals surface area contributed by atoms with E-state index in [0.29, 0.717) is 11.7 Å². The van der Waals surface area contributed by atoms with E-state index in [4.69, 9.17) is 10.7 Å². The number of aromatic nitrogens is 3. The molecule has 2 unspecified atom stereocenters. The van der Waals surface area contributed by atoms with Gasteiger partial charge in [-0.3, -0.25) is 4.98 Å². The Bertz CT molecular complexity index is 1250. The van der Waals surface area contributed by atoms with Crippen LogP contribution in [-0.4, -0.2) is 40.6 Å². The summed E-state index contributed by atoms with van der Waals surface area (Å²) in [6.45, 7) is 7.74. The van der Waals surface area contributed by atoms with Crippen LogP contribution in [0.2, 0.25) is 0 Å². The lowest BCUT2D eigenvalue weighted by atomic mass is 9.98. The molecular formula is C27H34N6. The molecule has 1 aliphatic rings. The molecule has 0 bridgehead atoms. The topological polar surface area (TPSA) is 82.9 Å². The molecule has 5 rings (SSSR count). The van der Waals surface area contributed by atoms with Crippen LogP contribution >= 0.6 is 0 Å². The van der Waals surface area contributed by atoms with Crippen LogP contribution in [0.25, 0.3) is 33.3 Å². The Morgan fingerprint density at radius 3 is 2.94 bits per heavy atom. The largest absolute Gasteiger partial charge is 0.398 e. The predicted octanol–water partition coefficient (Wildman–Crippen LogP) is 5.35. The molecule has 1 saturated heterocycles. The third kappa shape index (κ3) is 4.40. The van der Waals surface area contributed by atoms with Crippen molar-refractivity contribution < 1.29 is 0 Å². The standard InChI is InChI=1S/C27H34N6/c1-3-18(2)7-6-8-20-16-29-13-14-33(20)19-11-12-24-25(15-19)32-27(31-24)22-17-30-23-10-5-4-9-21(23)26(22)28/h4-5,9-12,15,17-18,20,29H,3,6-8,13-14,16H2,1-2H3,(H2,28,30)(H,31,32). The van der Waals surface area contributed by atoms with Gasteiger partial charge in [0, 0.05) is 42.9 Å². The Morgan fingerprint density at radius 2 is 2.06 bits per heavy atom. The summed E-state index contributed by atoms with van der Waals surface area (Å²) in [5.41, 5.74) is 12.2. The number of rotatable bonds is 7. The average molecular weight is 443 g/mol. The first-order chi connectivity index (χ1) is 16.1. The lowest BCUT2D eigenvalue weighted by Crippen LogP contribution is -2.51. The average Bonchev–Trinajstić information content (AvgIpc) is 3.27. The number of piperazine rings is 1. The minimum absolute atomic E-state index is 0.531. The normalized spacial score (nSPS) is 17.6. The number of H-pyrrole nitrogens is 1. The highest BCUT2D eigenvalue weighted by atomic mass is 15.2. The highest BCUT2D eigenvalue weighted by Gasteiger charge is 2.23. The molecule has 4 N–H and O–H groups in total. The monoisotopic (exact) mass is 442 g/mol. The predicted molar refractivity (Wildman–Crippen MR) is 139 cm³/mol. The number of nitrogens with two attached hydrogens (primary N) is 1. The van der Waals surface area contributed by atoms with Gasteiger partial charge in [-0.05, 0) is 36.6 Å². The van der Waals surface area contributed by atoms with E-state index in [-0.39, 0.29) is 0 Å². The number of nitrogens with one attached hydrogen (secondary N) is 2. The fourth-order valence-corrected chi connectivity index (χ4v) is 4.92. The van der Waals surface area contributed by atoms with Crippen molar-refractivity contribution in [3.8, 4) is 11.4 Å². The summed E-state index contributed by atoms with van der Waals surface area (Å²) in [5, 5.41) is 4.54. The van der Waals surface area contributed by atoms with Crippen molar-refractivity contribution in [2.45, 2.75) is 45.6 Å². The molecule has 0 saturated carbocycles. The van der Waals surface area contributed by atoms with Crippen LogP contribution in [0.3, 0.4) is 0 Å². The highest BCUT2D eigenvalue weighted by Crippen LogP contribution is 2.32. The van der Waals surface area contributed by atoms with Crippen molar-refractivity contribution in [3.63, 3.8) is 0 Å². The first-order valence-corrected chi connectivity index (χ1v) is 12.2.